The van der Waals surface area contributed by atoms with Crippen molar-refractivity contribution in [2.24, 2.45) is 5.92 Å². The zero-order chi connectivity index (χ0) is 12.3. The summed E-state index contributed by atoms with van der Waals surface area (Å²) in [7, 11) is 0. The molecule has 0 bridgehead atoms. The molecule has 1 saturated carbocycles. The van der Waals surface area contributed by atoms with Crippen molar-refractivity contribution in [2.45, 2.75) is 12.8 Å². The van der Waals surface area contributed by atoms with Crippen LogP contribution >= 0.6 is 38.5 Å². The molecule has 1 aliphatic rings. The second-order valence-corrected chi connectivity index (χ2v) is 6.25. The van der Waals surface area contributed by atoms with Crippen molar-refractivity contribution >= 4 is 50.1 Å². The number of amides is 1. The lowest BCUT2D eigenvalue weighted by Gasteiger charge is -2.08. The minimum Gasteiger partial charge on any atom is -0.376 e. The highest BCUT2D eigenvalue weighted by Gasteiger charge is 2.21. The molecule has 2 N–H and O–H groups in total. The quantitative estimate of drug-likeness (QED) is 0.735. The van der Waals surface area contributed by atoms with Gasteiger partial charge >= 0.3 is 0 Å². The third-order valence-electron chi connectivity index (χ3n) is 2.66. The minimum absolute atomic E-state index is 0.0616. The molecule has 3 nitrogen and oxygen atoms in total. The molecule has 0 heterocycles. The van der Waals surface area contributed by atoms with Crippen molar-refractivity contribution in [3.63, 3.8) is 0 Å². The molecule has 1 fully saturated rings. The zero-order valence-corrected chi connectivity index (χ0v) is 13.0. The molecule has 1 amide bonds. The summed E-state index contributed by atoms with van der Waals surface area (Å²) < 4.78 is 2.20. The second kappa shape index (κ2) is 6.04. The van der Waals surface area contributed by atoms with Gasteiger partial charge in [0.25, 0.3) is 0 Å². The molecule has 0 spiro atoms. The van der Waals surface area contributed by atoms with Crippen LogP contribution in [0.15, 0.2) is 22.7 Å². The topological polar surface area (TPSA) is 41.1 Å². The Morgan fingerprint density at radius 2 is 2.24 bits per heavy atom. The van der Waals surface area contributed by atoms with Gasteiger partial charge in [0.2, 0.25) is 5.91 Å². The van der Waals surface area contributed by atoms with Crippen molar-refractivity contribution in [1.29, 1.82) is 0 Å². The Balaban J connectivity index is 1.75. The normalized spacial score (nSPS) is 14.5. The highest BCUT2D eigenvalue weighted by Crippen LogP contribution is 2.27. The fraction of sp³-hybridized carbons (Fsp3) is 0.417. The molecular formula is C12H14BrIN2O. The first-order chi connectivity index (χ1) is 8.15. The van der Waals surface area contributed by atoms with Gasteiger partial charge < -0.3 is 10.6 Å². The van der Waals surface area contributed by atoms with Gasteiger partial charge in [0, 0.05) is 20.3 Å². The van der Waals surface area contributed by atoms with Crippen LogP contribution in [-0.4, -0.2) is 19.0 Å². The van der Waals surface area contributed by atoms with Crippen LogP contribution in [0.1, 0.15) is 12.8 Å². The number of hydrogen-bond acceptors (Lipinski definition) is 2. The third-order valence-corrected chi connectivity index (χ3v) is 5.00. The van der Waals surface area contributed by atoms with E-state index in [2.05, 4.69) is 49.2 Å². The summed E-state index contributed by atoms with van der Waals surface area (Å²) in [5.41, 5.74) is 0.957. The van der Waals surface area contributed by atoms with Crippen LogP contribution < -0.4 is 10.6 Å². The number of benzene rings is 1. The molecule has 92 valence electrons. The Morgan fingerprint density at radius 1 is 1.47 bits per heavy atom. The summed E-state index contributed by atoms with van der Waals surface area (Å²) >= 11 is 5.72. The summed E-state index contributed by atoms with van der Waals surface area (Å²) in [6.45, 7) is 1.16. The number of anilines is 1. The molecule has 0 saturated heterocycles. The van der Waals surface area contributed by atoms with Gasteiger partial charge in [-0.3, -0.25) is 4.79 Å². The van der Waals surface area contributed by atoms with E-state index in [0.717, 1.165) is 26.2 Å². The van der Waals surface area contributed by atoms with Crippen LogP contribution in [0.4, 0.5) is 5.69 Å². The van der Waals surface area contributed by atoms with Crippen LogP contribution in [-0.2, 0) is 4.79 Å². The molecule has 1 aromatic carbocycles. The minimum atomic E-state index is 0.0616. The van der Waals surface area contributed by atoms with Gasteiger partial charge in [-0.1, -0.05) is 0 Å². The van der Waals surface area contributed by atoms with Gasteiger partial charge in [0.05, 0.1) is 6.54 Å². The maximum Gasteiger partial charge on any atom is 0.239 e. The lowest BCUT2D eigenvalue weighted by molar-refractivity contribution is -0.119. The summed E-state index contributed by atoms with van der Waals surface area (Å²) in [6, 6.07) is 5.96. The van der Waals surface area contributed by atoms with Crippen LogP contribution in [0.25, 0.3) is 0 Å². The molecule has 1 aliphatic carbocycles. The number of carbonyl (C=O) groups is 1. The standard InChI is InChI=1S/C12H14BrIN2O/c13-10-5-9(3-4-11(10)14)15-7-12(17)16-6-8-1-2-8/h3-5,8,15H,1-2,6-7H2,(H,16,17). The highest BCUT2D eigenvalue weighted by atomic mass is 127. The van der Waals surface area contributed by atoms with Crippen molar-refractivity contribution in [1.82, 2.24) is 5.32 Å². The maximum atomic E-state index is 11.5. The van der Waals surface area contributed by atoms with E-state index in [-0.39, 0.29) is 5.91 Å². The fourth-order valence-corrected chi connectivity index (χ4v) is 2.15. The SMILES string of the molecule is O=C(CNc1ccc(I)c(Br)c1)NCC1CC1. The van der Waals surface area contributed by atoms with Gasteiger partial charge in [0.15, 0.2) is 0 Å². The van der Waals surface area contributed by atoms with E-state index >= 15 is 0 Å². The summed E-state index contributed by atoms with van der Waals surface area (Å²) in [5, 5.41) is 6.04. The Morgan fingerprint density at radius 3 is 2.88 bits per heavy atom. The smallest absolute Gasteiger partial charge is 0.239 e. The molecule has 0 aliphatic heterocycles. The summed E-state index contributed by atoms with van der Waals surface area (Å²) in [4.78, 5) is 11.5. The van der Waals surface area contributed by atoms with Gasteiger partial charge in [-0.2, -0.15) is 0 Å². The first kappa shape index (κ1) is 13.1. The highest BCUT2D eigenvalue weighted by molar-refractivity contribution is 14.1. The molecule has 0 radical (unpaired) electrons. The lowest BCUT2D eigenvalue weighted by Crippen LogP contribution is -2.31. The number of nitrogens with one attached hydrogen (secondary N) is 2. The lowest BCUT2D eigenvalue weighted by atomic mass is 10.3. The molecule has 5 heteroatoms. The van der Waals surface area contributed by atoms with E-state index < -0.39 is 0 Å². The van der Waals surface area contributed by atoms with E-state index in [9.17, 15) is 4.79 Å². The van der Waals surface area contributed by atoms with Crippen molar-refractivity contribution in [3.05, 3.63) is 26.2 Å². The first-order valence-corrected chi connectivity index (χ1v) is 7.48. The molecule has 2 rings (SSSR count). The van der Waals surface area contributed by atoms with Crippen LogP contribution in [0, 0.1) is 9.49 Å². The van der Waals surface area contributed by atoms with E-state index in [1.165, 1.54) is 12.8 Å². The molecular weight excluding hydrogens is 395 g/mol. The summed E-state index contributed by atoms with van der Waals surface area (Å²) in [6.07, 6.45) is 2.52. The summed E-state index contributed by atoms with van der Waals surface area (Å²) in [5.74, 6) is 0.790. The largest absolute Gasteiger partial charge is 0.376 e. The fourth-order valence-electron chi connectivity index (χ4n) is 1.43. The molecule has 0 atom stereocenters. The molecule has 1 aromatic rings. The number of hydrogen-bond donors (Lipinski definition) is 2. The van der Waals surface area contributed by atoms with E-state index in [4.69, 9.17) is 0 Å². The van der Waals surface area contributed by atoms with Gasteiger partial charge in [0.1, 0.15) is 0 Å². The van der Waals surface area contributed by atoms with Crippen LogP contribution in [0.3, 0.4) is 0 Å². The van der Waals surface area contributed by atoms with E-state index in [1.807, 2.05) is 18.2 Å². The number of halogens is 2. The monoisotopic (exact) mass is 408 g/mol. The van der Waals surface area contributed by atoms with Crippen molar-refractivity contribution < 1.29 is 4.79 Å². The Hall–Kier alpha value is -0.300. The van der Waals surface area contributed by atoms with Crippen molar-refractivity contribution in [3.8, 4) is 0 Å². The van der Waals surface area contributed by atoms with Crippen LogP contribution in [0.2, 0.25) is 0 Å². The second-order valence-electron chi connectivity index (χ2n) is 4.23. The molecule has 17 heavy (non-hydrogen) atoms. The number of carbonyl (C=O) groups excluding carboxylic acids is 1. The van der Waals surface area contributed by atoms with Gasteiger partial charge in [-0.05, 0) is 75.5 Å². The zero-order valence-electron chi connectivity index (χ0n) is 9.30. The number of rotatable bonds is 5. The molecule has 0 aromatic heterocycles. The average molecular weight is 409 g/mol. The Labute approximate surface area is 123 Å². The Kier molecular flexibility index (Phi) is 4.67. The first-order valence-electron chi connectivity index (χ1n) is 5.61. The van der Waals surface area contributed by atoms with Crippen molar-refractivity contribution in [2.75, 3.05) is 18.4 Å². The van der Waals surface area contributed by atoms with E-state index in [1.54, 1.807) is 0 Å². The maximum absolute atomic E-state index is 11.5. The molecule has 0 unspecified atom stereocenters. The van der Waals surface area contributed by atoms with E-state index in [0.29, 0.717) is 6.54 Å². The van der Waals surface area contributed by atoms with Gasteiger partial charge in [-0.15, -0.1) is 0 Å². The van der Waals surface area contributed by atoms with Gasteiger partial charge in [-0.25, -0.2) is 0 Å². The predicted octanol–water partition coefficient (Wildman–Crippen LogP) is 2.99. The predicted molar refractivity (Wildman–Crippen MR) is 81.1 cm³/mol. The third kappa shape index (κ3) is 4.46. The average Bonchev–Trinajstić information content (AvgIpc) is 3.12. The van der Waals surface area contributed by atoms with Crippen LogP contribution in [0.5, 0.6) is 0 Å². The Bertz CT molecular complexity index is 421.